The molecule has 0 fully saturated rings. The highest BCUT2D eigenvalue weighted by Gasteiger charge is 2.25. The van der Waals surface area contributed by atoms with Crippen molar-refractivity contribution < 1.29 is 9.53 Å². The minimum atomic E-state index is -0.409. The Hall–Kier alpha value is -2.99. The molecule has 0 radical (unpaired) electrons. The van der Waals surface area contributed by atoms with Gasteiger partial charge in [0.25, 0.3) is 5.56 Å². The van der Waals surface area contributed by atoms with E-state index in [-0.39, 0.29) is 16.6 Å². The Labute approximate surface area is 168 Å². The molecule has 6 nitrogen and oxygen atoms in total. The number of benzene rings is 1. The van der Waals surface area contributed by atoms with Gasteiger partial charge in [0.05, 0.1) is 30.1 Å². The molecule has 0 aliphatic heterocycles. The lowest BCUT2D eigenvalue weighted by molar-refractivity contribution is 0.0599. The summed E-state index contributed by atoms with van der Waals surface area (Å²) in [4.78, 5) is 24.2. The van der Waals surface area contributed by atoms with Gasteiger partial charge in [0.1, 0.15) is 5.02 Å². The number of methoxy groups -OCH3 is 1. The molecule has 1 unspecified atom stereocenters. The monoisotopic (exact) mass is 399 g/mol. The Kier molecular flexibility index (Phi) is 5.61. The number of aromatic nitrogens is 2. The molecule has 1 N–H and O–H groups in total. The summed E-state index contributed by atoms with van der Waals surface area (Å²) >= 11 is 6.08. The topological polar surface area (TPSA) is 65.3 Å². The minimum Gasteiger partial charge on any atom is -0.465 e. The van der Waals surface area contributed by atoms with Crippen LogP contribution < -0.4 is 10.9 Å². The molecule has 28 heavy (non-hydrogen) atoms. The predicted molar refractivity (Wildman–Crippen MR) is 110 cm³/mol. The van der Waals surface area contributed by atoms with Gasteiger partial charge in [-0.2, -0.15) is 0 Å². The van der Waals surface area contributed by atoms with Crippen LogP contribution in [0.2, 0.25) is 5.02 Å². The maximum atomic E-state index is 12.3. The summed E-state index contributed by atoms with van der Waals surface area (Å²) < 4.78 is 8.26. The van der Waals surface area contributed by atoms with Crippen LogP contribution in [0, 0.1) is 6.92 Å². The van der Waals surface area contributed by atoms with E-state index in [1.165, 1.54) is 11.7 Å². The Bertz CT molecular complexity index is 1040. The van der Waals surface area contributed by atoms with Gasteiger partial charge in [-0.3, -0.25) is 4.79 Å². The molecular formula is C21H22ClN3O3. The first kappa shape index (κ1) is 19.8. The maximum absolute atomic E-state index is 12.3. The highest BCUT2D eigenvalue weighted by Crippen LogP contribution is 2.30. The molecule has 0 saturated heterocycles. The summed E-state index contributed by atoms with van der Waals surface area (Å²) in [5.74, 6) is -0.409. The molecule has 0 amide bonds. The second kappa shape index (κ2) is 7.94. The molecule has 146 valence electrons. The number of aryl methyl sites for hydroxylation is 3. The molecule has 0 bridgehead atoms. The smallest absolute Gasteiger partial charge is 0.339 e. The summed E-state index contributed by atoms with van der Waals surface area (Å²) in [6, 6.07) is 11.0. The van der Waals surface area contributed by atoms with Gasteiger partial charge in [0.15, 0.2) is 0 Å². The number of rotatable bonds is 5. The summed E-state index contributed by atoms with van der Waals surface area (Å²) in [5, 5.41) is 3.53. The van der Waals surface area contributed by atoms with E-state index in [1.54, 1.807) is 25.4 Å². The maximum Gasteiger partial charge on any atom is 0.339 e. The van der Waals surface area contributed by atoms with Gasteiger partial charge >= 0.3 is 5.97 Å². The van der Waals surface area contributed by atoms with Crippen molar-refractivity contribution in [3.8, 4) is 0 Å². The van der Waals surface area contributed by atoms with Crippen LogP contribution in [0.3, 0.4) is 0 Å². The Morgan fingerprint density at radius 2 is 1.82 bits per heavy atom. The summed E-state index contributed by atoms with van der Waals surface area (Å²) in [6.07, 6.45) is 3.49. The van der Waals surface area contributed by atoms with Gasteiger partial charge < -0.3 is 19.2 Å². The molecule has 1 atom stereocenters. The fraction of sp³-hybridized carbons (Fsp3) is 0.238. The Balaban J connectivity index is 2.14. The minimum absolute atomic E-state index is 0.121. The molecule has 2 aromatic heterocycles. The van der Waals surface area contributed by atoms with Gasteiger partial charge in [-0.1, -0.05) is 41.4 Å². The van der Waals surface area contributed by atoms with Crippen LogP contribution in [0.15, 0.2) is 53.6 Å². The second-order valence-electron chi connectivity index (χ2n) is 6.70. The van der Waals surface area contributed by atoms with Crippen molar-refractivity contribution in [2.75, 3.05) is 12.4 Å². The number of halogens is 1. The van der Waals surface area contributed by atoms with Crippen molar-refractivity contribution in [1.82, 2.24) is 9.13 Å². The molecule has 0 aliphatic rings. The number of hydrogen-bond acceptors (Lipinski definition) is 4. The number of anilines is 1. The van der Waals surface area contributed by atoms with Crippen LogP contribution in [-0.4, -0.2) is 22.2 Å². The highest BCUT2D eigenvalue weighted by molar-refractivity contribution is 6.30. The summed E-state index contributed by atoms with van der Waals surface area (Å²) in [5.41, 5.74) is 3.71. The first-order valence-corrected chi connectivity index (χ1v) is 9.12. The lowest BCUT2D eigenvalue weighted by atomic mass is 9.99. The number of pyridine rings is 1. The van der Waals surface area contributed by atoms with Gasteiger partial charge in [0.2, 0.25) is 0 Å². The Morgan fingerprint density at radius 3 is 2.43 bits per heavy atom. The number of nitrogens with one attached hydrogen (secondary N) is 1. The van der Waals surface area contributed by atoms with E-state index in [4.69, 9.17) is 16.3 Å². The van der Waals surface area contributed by atoms with Crippen LogP contribution in [0.4, 0.5) is 5.69 Å². The standard InChI is InChI=1S/C21H22ClN3O3/c1-13-5-7-14(8-6-13)18(19-16(21(27)28-4)9-10-24(19)2)23-15-11-17(22)20(26)25(3)12-15/h5-12,18,23H,1-4H3. The van der Waals surface area contributed by atoms with E-state index < -0.39 is 5.97 Å². The fourth-order valence-electron chi connectivity index (χ4n) is 3.17. The predicted octanol–water partition coefficient (Wildman–Crippen LogP) is 3.67. The van der Waals surface area contributed by atoms with Crippen LogP contribution >= 0.6 is 11.6 Å². The average Bonchev–Trinajstić information content (AvgIpc) is 3.05. The van der Waals surface area contributed by atoms with E-state index >= 15 is 0 Å². The lowest BCUT2D eigenvalue weighted by Gasteiger charge is -2.23. The number of carbonyl (C=O) groups is 1. The molecule has 1 aromatic carbocycles. The SMILES string of the molecule is COC(=O)c1ccn(C)c1C(Nc1cc(Cl)c(=O)n(C)c1)c1ccc(C)cc1. The number of carbonyl (C=O) groups excluding carboxylic acids is 1. The van der Waals surface area contributed by atoms with Crippen LogP contribution in [0.1, 0.15) is 33.2 Å². The molecule has 0 saturated carbocycles. The zero-order valence-electron chi connectivity index (χ0n) is 16.2. The first-order valence-electron chi connectivity index (χ1n) is 8.74. The fourth-order valence-corrected chi connectivity index (χ4v) is 3.42. The Morgan fingerprint density at radius 1 is 1.14 bits per heavy atom. The average molecular weight is 400 g/mol. The number of nitrogens with zero attached hydrogens (tertiary/aromatic N) is 2. The number of esters is 1. The third-order valence-corrected chi connectivity index (χ3v) is 4.93. The third-order valence-electron chi connectivity index (χ3n) is 4.66. The quantitative estimate of drug-likeness (QED) is 0.665. The van der Waals surface area contributed by atoms with Crippen LogP contribution in [0.25, 0.3) is 0 Å². The normalized spacial score (nSPS) is 11.9. The largest absolute Gasteiger partial charge is 0.465 e. The summed E-state index contributed by atoms with van der Waals surface area (Å²) in [6.45, 7) is 2.02. The highest BCUT2D eigenvalue weighted by atomic mass is 35.5. The van der Waals surface area contributed by atoms with Crippen LogP contribution in [-0.2, 0) is 18.8 Å². The van der Waals surface area contributed by atoms with Gasteiger partial charge in [0, 0.05) is 26.5 Å². The van der Waals surface area contributed by atoms with Gasteiger partial charge in [-0.15, -0.1) is 0 Å². The van der Waals surface area contributed by atoms with Crippen molar-refractivity contribution in [2.45, 2.75) is 13.0 Å². The number of hydrogen-bond donors (Lipinski definition) is 1. The molecular weight excluding hydrogens is 378 g/mol. The third kappa shape index (κ3) is 3.82. The van der Waals surface area contributed by atoms with E-state index in [1.807, 2.05) is 49.0 Å². The van der Waals surface area contributed by atoms with Crippen LogP contribution in [0.5, 0.6) is 0 Å². The zero-order chi connectivity index (χ0) is 20.4. The van der Waals surface area contributed by atoms with E-state index in [0.29, 0.717) is 11.3 Å². The second-order valence-corrected chi connectivity index (χ2v) is 7.11. The molecule has 0 spiro atoms. The first-order chi connectivity index (χ1) is 13.3. The molecule has 7 heteroatoms. The van der Waals surface area contributed by atoms with Crippen molar-refractivity contribution >= 4 is 23.3 Å². The molecule has 2 heterocycles. The van der Waals surface area contributed by atoms with Gasteiger partial charge in [-0.05, 0) is 24.6 Å². The summed E-state index contributed by atoms with van der Waals surface area (Å²) in [7, 11) is 4.88. The van der Waals surface area contributed by atoms with Crippen molar-refractivity contribution in [3.63, 3.8) is 0 Å². The van der Waals surface area contributed by atoms with Crippen molar-refractivity contribution in [3.05, 3.63) is 86.6 Å². The van der Waals surface area contributed by atoms with Gasteiger partial charge in [-0.25, -0.2) is 4.79 Å². The zero-order valence-corrected chi connectivity index (χ0v) is 16.9. The number of ether oxygens (including phenoxy) is 1. The van der Waals surface area contributed by atoms with Crippen molar-refractivity contribution in [2.24, 2.45) is 14.1 Å². The van der Waals surface area contributed by atoms with E-state index in [0.717, 1.165) is 16.8 Å². The molecule has 0 aliphatic carbocycles. The molecule has 3 rings (SSSR count). The van der Waals surface area contributed by atoms with E-state index in [2.05, 4.69) is 5.32 Å². The molecule has 3 aromatic rings. The lowest BCUT2D eigenvalue weighted by Crippen LogP contribution is -2.22. The van der Waals surface area contributed by atoms with Crippen molar-refractivity contribution in [1.29, 1.82) is 0 Å². The van der Waals surface area contributed by atoms with E-state index in [9.17, 15) is 9.59 Å².